The number of aryl methyl sites for hydroxylation is 1. The molecular formula is C20H23F3N4O. The number of rotatable bonds is 6. The first-order valence-electron chi connectivity index (χ1n) is 9.29. The molecule has 0 N–H and O–H groups in total. The quantitative estimate of drug-likeness (QED) is 0.696. The number of hydrogen-bond donors (Lipinski definition) is 0. The Bertz CT molecular complexity index is 795. The molecule has 1 fully saturated rings. The van der Waals surface area contributed by atoms with Crippen molar-refractivity contribution in [1.29, 1.82) is 0 Å². The fourth-order valence-corrected chi connectivity index (χ4v) is 3.56. The SMILES string of the molecule is Cc1ccncc1N(C=O)CCC1CCCN(c2ccc(C(F)(F)F)cn2)C1. The van der Waals surface area contributed by atoms with E-state index in [2.05, 4.69) is 9.97 Å². The molecule has 0 aromatic carbocycles. The summed E-state index contributed by atoms with van der Waals surface area (Å²) in [5, 5.41) is 0. The minimum Gasteiger partial charge on any atom is -0.356 e. The Balaban J connectivity index is 1.60. The molecule has 1 atom stereocenters. The second-order valence-electron chi connectivity index (χ2n) is 7.11. The standard InChI is InChI=1S/C20H23F3N4O/c1-15-6-8-24-12-18(15)27(14-28)10-7-16-3-2-9-26(13-16)19-5-4-17(11-25-19)20(21,22)23/h4-6,8,11-12,14,16H,2-3,7,9-10,13H2,1H3. The van der Waals surface area contributed by atoms with E-state index in [1.807, 2.05) is 17.9 Å². The summed E-state index contributed by atoms with van der Waals surface area (Å²) in [6, 6.07) is 4.37. The Morgan fingerprint density at radius 1 is 1.29 bits per heavy atom. The number of carbonyl (C=O) groups excluding carboxylic acids is 1. The summed E-state index contributed by atoms with van der Waals surface area (Å²) in [6.07, 6.45) is 3.49. The summed E-state index contributed by atoms with van der Waals surface area (Å²) in [7, 11) is 0. The zero-order valence-corrected chi connectivity index (χ0v) is 15.7. The van der Waals surface area contributed by atoms with Crippen molar-refractivity contribution in [2.75, 3.05) is 29.4 Å². The molecule has 150 valence electrons. The normalized spacial score (nSPS) is 17.4. The lowest BCUT2D eigenvalue weighted by Gasteiger charge is -2.34. The number of pyridine rings is 2. The molecule has 1 amide bonds. The van der Waals surface area contributed by atoms with Crippen molar-refractivity contribution in [3.63, 3.8) is 0 Å². The smallest absolute Gasteiger partial charge is 0.356 e. The maximum atomic E-state index is 12.7. The third-order valence-electron chi connectivity index (χ3n) is 5.14. The molecule has 2 aromatic rings. The molecule has 1 aliphatic rings. The number of piperidine rings is 1. The van der Waals surface area contributed by atoms with Gasteiger partial charge in [0.2, 0.25) is 6.41 Å². The number of amides is 1. The van der Waals surface area contributed by atoms with Crippen LogP contribution in [0.4, 0.5) is 24.7 Å². The highest BCUT2D eigenvalue weighted by Crippen LogP contribution is 2.30. The van der Waals surface area contributed by atoms with Crippen molar-refractivity contribution >= 4 is 17.9 Å². The van der Waals surface area contributed by atoms with Crippen LogP contribution >= 0.6 is 0 Å². The third-order valence-corrected chi connectivity index (χ3v) is 5.14. The molecule has 1 unspecified atom stereocenters. The minimum absolute atomic E-state index is 0.345. The van der Waals surface area contributed by atoms with Gasteiger partial charge in [-0.2, -0.15) is 13.2 Å². The van der Waals surface area contributed by atoms with Gasteiger partial charge in [-0.25, -0.2) is 4.98 Å². The summed E-state index contributed by atoms with van der Waals surface area (Å²) in [4.78, 5) is 23.3. The molecule has 0 bridgehead atoms. The van der Waals surface area contributed by atoms with E-state index < -0.39 is 11.7 Å². The molecule has 3 rings (SSSR count). The number of anilines is 2. The van der Waals surface area contributed by atoms with Gasteiger partial charge in [-0.15, -0.1) is 0 Å². The van der Waals surface area contributed by atoms with E-state index in [1.165, 1.54) is 6.07 Å². The van der Waals surface area contributed by atoms with E-state index >= 15 is 0 Å². The lowest BCUT2D eigenvalue weighted by Crippen LogP contribution is -2.37. The Morgan fingerprint density at radius 3 is 2.75 bits per heavy atom. The van der Waals surface area contributed by atoms with E-state index in [0.29, 0.717) is 18.3 Å². The van der Waals surface area contributed by atoms with Gasteiger partial charge in [0.05, 0.1) is 17.4 Å². The Kier molecular flexibility index (Phi) is 6.16. The molecule has 1 saturated heterocycles. The fraction of sp³-hybridized carbons (Fsp3) is 0.450. The maximum absolute atomic E-state index is 12.7. The maximum Gasteiger partial charge on any atom is 0.417 e. The molecule has 1 aliphatic heterocycles. The van der Waals surface area contributed by atoms with Crippen LogP contribution in [0.5, 0.6) is 0 Å². The first-order valence-corrected chi connectivity index (χ1v) is 9.29. The topological polar surface area (TPSA) is 49.3 Å². The second-order valence-corrected chi connectivity index (χ2v) is 7.11. The molecule has 0 radical (unpaired) electrons. The predicted octanol–water partition coefficient (Wildman–Crippen LogP) is 4.07. The first-order chi connectivity index (χ1) is 13.4. The van der Waals surface area contributed by atoms with Crippen LogP contribution in [0.2, 0.25) is 0 Å². The highest BCUT2D eigenvalue weighted by Gasteiger charge is 2.31. The van der Waals surface area contributed by atoms with Gasteiger partial charge < -0.3 is 9.80 Å². The van der Waals surface area contributed by atoms with Crippen LogP contribution in [-0.2, 0) is 11.0 Å². The van der Waals surface area contributed by atoms with Crippen LogP contribution in [0.1, 0.15) is 30.4 Å². The molecule has 8 heteroatoms. The van der Waals surface area contributed by atoms with Crippen LogP contribution in [0.3, 0.4) is 0 Å². The Labute approximate surface area is 162 Å². The van der Waals surface area contributed by atoms with Crippen LogP contribution in [-0.4, -0.2) is 36.0 Å². The Morgan fingerprint density at radius 2 is 2.11 bits per heavy atom. The number of hydrogen-bond acceptors (Lipinski definition) is 4. The van der Waals surface area contributed by atoms with Gasteiger partial charge >= 0.3 is 6.18 Å². The molecule has 0 saturated carbocycles. The van der Waals surface area contributed by atoms with Crippen molar-refractivity contribution in [3.8, 4) is 0 Å². The first kappa shape index (κ1) is 20.1. The van der Waals surface area contributed by atoms with E-state index in [4.69, 9.17) is 0 Å². The van der Waals surface area contributed by atoms with E-state index in [-0.39, 0.29) is 0 Å². The number of aromatic nitrogens is 2. The van der Waals surface area contributed by atoms with Crippen molar-refractivity contribution < 1.29 is 18.0 Å². The number of halogens is 3. The van der Waals surface area contributed by atoms with Crippen molar-refractivity contribution in [2.24, 2.45) is 5.92 Å². The van der Waals surface area contributed by atoms with E-state index in [1.54, 1.807) is 17.3 Å². The molecule has 5 nitrogen and oxygen atoms in total. The highest BCUT2D eigenvalue weighted by atomic mass is 19.4. The Hall–Kier alpha value is -2.64. The summed E-state index contributed by atoms with van der Waals surface area (Å²) < 4.78 is 38.1. The summed E-state index contributed by atoms with van der Waals surface area (Å²) in [5.74, 6) is 0.908. The van der Waals surface area contributed by atoms with Gasteiger partial charge in [0.15, 0.2) is 0 Å². The summed E-state index contributed by atoms with van der Waals surface area (Å²) in [6.45, 7) is 4.01. The zero-order chi connectivity index (χ0) is 20.1. The zero-order valence-electron chi connectivity index (χ0n) is 15.7. The summed E-state index contributed by atoms with van der Waals surface area (Å²) >= 11 is 0. The molecule has 0 aliphatic carbocycles. The van der Waals surface area contributed by atoms with Crippen LogP contribution < -0.4 is 9.80 Å². The lowest BCUT2D eigenvalue weighted by atomic mass is 9.94. The van der Waals surface area contributed by atoms with Gasteiger partial charge in [0.25, 0.3) is 0 Å². The molecule has 28 heavy (non-hydrogen) atoms. The molecular weight excluding hydrogens is 369 g/mol. The van der Waals surface area contributed by atoms with Gasteiger partial charge in [-0.05, 0) is 55.9 Å². The van der Waals surface area contributed by atoms with Crippen LogP contribution in [0.25, 0.3) is 0 Å². The minimum atomic E-state index is -4.38. The highest BCUT2D eigenvalue weighted by molar-refractivity contribution is 5.76. The van der Waals surface area contributed by atoms with Crippen molar-refractivity contribution in [1.82, 2.24) is 9.97 Å². The average molecular weight is 392 g/mol. The molecule has 0 spiro atoms. The van der Waals surface area contributed by atoms with Crippen LogP contribution in [0.15, 0.2) is 36.8 Å². The number of carbonyl (C=O) groups is 1. The predicted molar refractivity (Wildman–Crippen MR) is 101 cm³/mol. The van der Waals surface area contributed by atoms with Crippen LogP contribution in [0, 0.1) is 12.8 Å². The molecule has 3 heterocycles. The monoisotopic (exact) mass is 392 g/mol. The van der Waals surface area contributed by atoms with Crippen molar-refractivity contribution in [2.45, 2.75) is 32.4 Å². The van der Waals surface area contributed by atoms with Crippen molar-refractivity contribution in [3.05, 3.63) is 47.9 Å². The lowest BCUT2D eigenvalue weighted by molar-refractivity contribution is -0.137. The third kappa shape index (κ3) is 4.79. The second kappa shape index (κ2) is 8.58. The van der Waals surface area contributed by atoms with Gasteiger partial charge in [0, 0.05) is 32.0 Å². The largest absolute Gasteiger partial charge is 0.417 e. The number of alkyl halides is 3. The molecule has 2 aromatic heterocycles. The van der Waals surface area contributed by atoms with E-state index in [0.717, 1.165) is 62.3 Å². The van der Waals surface area contributed by atoms with Gasteiger partial charge in [0.1, 0.15) is 5.82 Å². The fourth-order valence-electron chi connectivity index (χ4n) is 3.56. The average Bonchev–Trinajstić information content (AvgIpc) is 2.69. The van der Waals surface area contributed by atoms with Gasteiger partial charge in [-0.3, -0.25) is 9.78 Å². The van der Waals surface area contributed by atoms with E-state index in [9.17, 15) is 18.0 Å². The van der Waals surface area contributed by atoms with Gasteiger partial charge in [-0.1, -0.05) is 0 Å². The summed E-state index contributed by atoms with van der Waals surface area (Å²) in [5.41, 5.74) is 1.05. The number of nitrogens with zero attached hydrogens (tertiary/aromatic N) is 4.